The summed E-state index contributed by atoms with van der Waals surface area (Å²) in [6.45, 7) is 0. The molecule has 4 rings (SSSR count). The van der Waals surface area contributed by atoms with Crippen molar-refractivity contribution in [2.45, 2.75) is 6.18 Å². The van der Waals surface area contributed by atoms with Crippen LogP contribution in [0.4, 0.5) is 17.6 Å². The Balaban J connectivity index is 2.14. The van der Waals surface area contributed by atoms with Gasteiger partial charge in [-0.3, -0.25) is 9.78 Å². The molecule has 3 aromatic heterocycles. The molecule has 26 heavy (non-hydrogen) atoms. The molecule has 0 saturated heterocycles. The van der Waals surface area contributed by atoms with E-state index in [1.165, 1.54) is 12.4 Å². The summed E-state index contributed by atoms with van der Waals surface area (Å²) < 4.78 is 60.0. The van der Waals surface area contributed by atoms with E-state index in [2.05, 4.69) is 9.97 Å². The van der Waals surface area contributed by atoms with Gasteiger partial charge in [0.1, 0.15) is 22.6 Å². The Labute approximate surface area is 142 Å². The van der Waals surface area contributed by atoms with Crippen molar-refractivity contribution in [3.8, 4) is 11.3 Å². The van der Waals surface area contributed by atoms with Crippen LogP contribution in [0.5, 0.6) is 0 Å². The van der Waals surface area contributed by atoms with Gasteiger partial charge in [-0.25, -0.2) is 9.37 Å². The normalized spacial score (nSPS) is 12.2. The summed E-state index contributed by atoms with van der Waals surface area (Å²) in [7, 11) is 1.05. The number of aryl methyl sites for hydroxylation is 1. The quantitative estimate of drug-likeness (QED) is 0.481. The molecular weight excluding hydrogens is 354 g/mol. The lowest BCUT2D eigenvalue weighted by Gasteiger charge is -2.06. The highest BCUT2D eigenvalue weighted by molar-refractivity contribution is 6.01. The lowest BCUT2D eigenvalue weighted by atomic mass is 10.1. The smallest absolute Gasteiger partial charge is 0.449 e. The number of aromatic nitrogens is 3. The van der Waals surface area contributed by atoms with Crippen LogP contribution < -0.4 is 5.43 Å². The predicted octanol–water partition coefficient (Wildman–Crippen LogP) is 3.90. The van der Waals surface area contributed by atoms with E-state index in [0.717, 1.165) is 19.2 Å². The van der Waals surface area contributed by atoms with Crippen molar-refractivity contribution in [3.05, 3.63) is 58.5 Å². The fourth-order valence-electron chi connectivity index (χ4n) is 2.85. The molecular formula is C17H9F4N3O2. The van der Waals surface area contributed by atoms with Crippen molar-refractivity contribution in [1.82, 2.24) is 14.5 Å². The number of hydrogen-bond donors (Lipinski definition) is 0. The Kier molecular flexibility index (Phi) is 3.36. The third-order valence-corrected chi connectivity index (χ3v) is 3.99. The number of nitrogens with zero attached hydrogens (tertiary/aromatic N) is 3. The van der Waals surface area contributed by atoms with Crippen LogP contribution in [0.1, 0.15) is 5.82 Å². The van der Waals surface area contributed by atoms with Crippen molar-refractivity contribution < 1.29 is 22.0 Å². The highest BCUT2D eigenvalue weighted by Crippen LogP contribution is 2.35. The molecule has 1 aromatic carbocycles. The van der Waals surface area contributed by atoms with Gasteiger partial charge < -0.3 is 8.98 Å². The van der Waals surface area contributed by atoms with E-state index < -0.39 is 28.8 Å². The van der Waals surface area contributed by atoms with Gasteiger partial charge in [-0.05, 0) is 18.2 Å². The predicted molar refractivity (Wildman–Crippen MR) is 84.9 cm³/mol. The van der Waals surface area contributed by atoms with Gasteiger partial charge in [-0.1, -0.05) is 0 Å². The minimum absolute atomic E-state index is 0.0997. The summed E-state index contributed by atoms with van der Waals surface area (Å²) in [5, 5.41) is -0.186. The molecule has 0 radical (unpaired) electrons. The number of rotatable bonds is 1. The van der Waals surface area contributed by atoms with Gasteiger partial charge in [-0.2, -0.15) is 13.2 Å². The topological polar surface area (TPSA) is 60.9 Å². The maximum Gasteiger partial charge on any atom is 0.449 e. The molecule has 0 N–H and O–H groups in total. The molecule has 0 unspecified atom stereocenters. The van der Waals surface area contributed by atoms with E-state index in [1.807, 2.05) is 0 Å². The van der Waals surface area contributed by atoms with Crippen molar-refractivity contribution >= 4 is 22.0 Å². The molecule has 9 heteroatoms. The monoisotopic (exact) mass is 363 g/mol. The highest BCUT2D eigenvalue weighted by atomic mass is 19.4. The van der Waals surface area contributed by atoms with Gasteiger partial charge in [0, 0.05) is 31.1 Å². The molecule has 0 bridgehead atoms. The molecule has 4 aromatic rings. The summed E-state index contributed by atoms with van der Waals surface area (Å²) >= 11 is 0. The van der Waals surface area contributed by atoms with Crippen LogP contribution in [0.15, 0.2) is 45.9 Å². The van der Waals surface area contributed by atoms with E-state index in [-0.39, 0.29) is 22.2 Å². The zero-order valence-corrected chi connectivity index (χ0v) is 13.1. The first-order chi connectivity index (χ1) is 12.3. The summed E-state index contributed by atoms with van der Waals surface area (Å²) in [5.74, 6) is -2.17. The van der Waals surface area contributed by atoms with Crippen molar-refractivity contribution in [2.75, 3.05) is 0 Å². The molecule has 0 aliphatic rings. The lowest BCUT2D eigenvalue weighted by molar-refractivity contribution is -0.146. The van der Waals surface area contributed by atoms with Crippen molar-refractivity contribution in [1.29, 1.82) is 0 Å². The summed E-state index contributed by atoms with van der Waals surface area (Å²) in [5.41, 5.74) is -1.10. The Hall–Kier alpha value is -3.23. The Morgan fingerprint density at radius 1 is 1.23 bits per heavy atom. The molecule has 132 valence electrons. The number of imidazole rings is 1. The van der Waals surface area contributed by atoms with Crippen molar-refractivity contribution in [2.24, 2.45) is 7.05 Å². The van der Waals surface area contributed by atoms with Crippen LogP contribution in [0.2, 0.25) is 0 Å². The number of halogens is 4. The van der Waals surface area contributed by atoms with Crippen LogP contribution in [-0.4, -0.2) is 14.5 Å². The average Bonchev–Trinajstić information content (AvgIpc) is 2.95. The van der Waals surface area contributed by atoms with Crippen molar-refractivity contribution in [3.63, 3.8) is 0 Å². The van der Waals surface area contributed by atoms with Crippen LogP contribution in [0.3, 0.4) is 0 Å². The molecule has 0 atom stereocenters. The molecule has 0 fully saturated rings. The van der Waals surface area contributed by atoms with Crippen LogP contribution in [0, 0.1) is 5.82 Å². The second-order valence-electron chi connectivity index (χ2n) is 5.64. The van der Waals surface area contributed by atoms with E-state index in [4.69, 9.17) is 4.42 Å². The maximum atomic E-state index is 14.4. The first-order valence-corrected chi connectivity index (χ1v) is 7.38. The molecule has 0 aliphatic carbocycles. The number of fused-ring (bicyclic) bond motifs is 3. The van der Waals surface area contributed by atoms with Gasteiger partial charge in [0.05, 0.1) is 5.39 Å². The molecule has 5 nitrogen and oxygen atoms in total. The fourth-order valence-corrected chi connectivity index (χ4v) is 2.85. The first-order valence-electron chi connectivity index (χ1n) is 7.38. The van der Waals surface area contributed by atoms with Crippen LogP contribution in [-0.2, 0) is 13.2 Å². The molecule has 0 saturated carbocycles. The van der Waals surface area contributed by atoms with Crippen LogP contribution in [0.25, 0.3) is 33.3 Å². The standard InChI is InChI=1S/C17H9F4N3O2/c1-24-14-10(18)5-9-11(25)6-12(8-3-2-4-22-7-8)26-15(9)13(14)23-16(24)17(19,20)21/h2-7H,1H3. The third kappa shape index (κ3) is 2.35. The lowest BCUT2D eigenvalue weighted by Crippen LogP contribution is -2.12. The average molecular weight is 363 g/mol. The van der Waals surface area contributed by atoms with E-state index in [9.17, 15) is 22.4 Å². The third-order valence-electron chi connectivity index (χ3n) is 3.99. The second-order valence-corrected chi connectivity index (χ2v) is 5.64. The van der Waals surface area contributed by atoms with E-state index in [1.54, 1.807) is 12.1 Å². The SMILES string of the molecule is Cn1c(C(F)(F)F)nc2c3oc(-c4cccnc4)cc(=O)c3cc(F)c21. The molecule has 0 amide bonds. The minimum Gasteiger partial charge on any atom is -0.453 e. The Morgan fingerprint density at radius 2 is 2.00 bits per heavy atom. The number of benzene rings is 1. The zero-order valence-electron chi connectivity index (χ0n) is 13.1. The second kappa shape index (κ2) is 5.38. The Morgan fingerprint density at radius 3 is 2.65 bits per heavy atom. The summed E-state index contributed by atoms with van der Waals surface area (Å²) in [6, 6.07) is 5.23. The fraction of sp³-hybridized carbons (Fsp3) is 0.118. The number of hydrogen-bond acceptors (Lipinski definition) is 4. The van der Waals surface area contributed by atoms with Gasteiger partial charge in [0.2, 0.25) is 5.82 Å². The zero-order chi connectivity index (χ0) is 18.6. The molecule has 0 spiro atoms. The highest BCUT2D eigenvalue weighted by Gasteiger charge is 2.38. The van der Waals surface area contributed by atoms with Gasteiger partial charge in [-0.15, -0.1) is 0 Å². The Bertz CT molecular complexity index is 1210. The number of pyridine rings is 1. The first kappa shape index (κ1) is 16.2. The minimum atomic E-state index is -4.78. The van der Waals surface area contributed by atoms with Gasteiger partial charge in [0.25, 0.3) is 0 Å². The molecule has 0 aliphatic heterocycles. The number of alkyl halides is 3. The van der Waals surface area contributed by atoms with Crippen LogP contribution >= 0.6 is 0 Å². The maximum absolute atomic E-state index is 14.4. The summed E-state index contributed by atoms with van der Waals surface area (Å²) in [6.07, 6.45) is -1.83. The van der Waals surface area contributed by atoms with Gasteiger partial charge >= 0.3 is 6.18 Å². The molecule has 3 heterocycles. The van der Waals surface area contributed by atoms with Gasteiger partial charge in [0.15, 0.2) is 11.0 Å². The van der Waals surface area contributed by atoms with E-state index >= 15 is 0 Å². The summed E-state index contributed by atoms with van der Waals surface area (Å²) in [4.78, 5) is 19.8. The largest absolute Gasteiger partial charge is 0.453 e. The van der Waals surface area contributed by atoms with E-state index in [0.29, 0.717) is 10.1 Å².